The molecule has 0 aromatic rings. The van der Waals surface area contributed by atoms with Crippen LogP contribution in [0.3, 0.4) is 0 Å². The fourth-order valence-electron chi connectivity index (χ4n) is 10.9. The highest BCUT2D eigenvalue weighted by molar-refractivity contribution is 7.47. The molecule has 608 valence electrons. The van der Waals surface area contributed by atoms with E-state index in [4.69, 9.17) is 37.0 Å². The fourth-order valence-corrected chi connectivity index (χ4v) is 12.4. The van der Waals surface area contributed by atoms with Gasteiger partial charge in [-0.3, -0.25) is 37.3 Å². The van der Waals surface area contributed by atoms with E-state index in [-0.39, 0.29) is 25.7 Å². The van der Waals surface area contributed by atoms with E-state index in [0.717, 1.165) is 167 Å². The second-order valence-electron chi connectivity index (χ2n) is 27.3. The molecule has 0 fully saturated rings. The average molecular weight is 1530 g/mol. The number of ether oxygens (including phenoxy) is 4. The van der Waals surface area contributed by atoms with Crippen LogP contribution in [0.1, 0.15) is 336 Å². The third-order valence-electron chi connectivity index (χ3n) is 17.1. The van der Waals surface area contributed by atoms with Crippen molar-refractivity contribution in [3.8, 4) is 0 Å². The summed E-state index contributed by atoms with van der Waals surface area (Å²) in [6, 6.07) is 0. The lowest BCUT2D eigenvalue weighted by molar-refractivity contribution is -0.161. The van der Waals surface area contributed by atoms with E-state index in [0.29, 0.717) is 25.7 Å². The van der Waals surface area contributed by atoms with E-state index in [1.807, 2.05) is 0 Å². The molecule has 0 aromatic heterocycles. The Labute approximate surface area is 644 Å². The van der Waals surface area contributed by atoms with Gasteiger partial charge in [0.15, 0.2) is 12.2 Å². The van der Waals surface area contributed by atoms with Crippen molar-refractivity contribution in [1.82, 2.24) is 0 Å². The summed E-state index contributed by atoms with van der Waals surface area (Å²) < 4.78 is 68.7. The molecule has 0 aliphatic rings. The Kier molecular flexibility index (Phi) is 74.8. The largest absolute Gasteiger partial charge is 0.472 e. The van der Waals surface area contributed by atoms with Gasteiger partial charge in [0.25, 0.3) is 0 Å². The highest BCUT2D eigenvalue weighted by atomic mass is 31.2. The molecular formula is C87H148O17P2. The maximum absolute atomic E-state index is 13.1. The molecule has 0 bridgehead atoms. The molecule has 0 aliphatic heterocycles. The molecule has 17 nitrogen and oxygen atoms in total. The molecule has 0 spiro atoms. The summed E-state index contributed by atoms with van der Waals surface area (Å²) >= 11 is 0. The first-order chi connectivity index (χ1) is 51.7. The number of unbranched alkanes of at least 4 members (excludes halogenated alkanes) is 29. The number of carbonyl (C=O) groups is 4. The zero-order valence-corrected chi connectivity index (χ0v) is 68.4. The molecule has 2 unspecified atom stereocenters. The third kappa shape index (κ3) is 77.4. The molecule has 0 heterocycles. The molecule has 0 saturated heterocycles. The van der Waals surface area contributed by atoms with Crippen LogP contribution in [0.2, 0.25) is 0 Å². The second-order valence-corrected chi connectivity index (χ2v) is 30.2. The van der Waals surface area contributed by atoms with Crippen LogP contribution in [-0.4, -0.2) is 96.7 Å². The molecule has 0 radical (unpaired) electrons. The first-order valence-electron chi connectivity index (χ1n) is 41.4. The van der Waals surface area contributed by atoms with Crippen LogP contribution in [0.5, 0.6) is 0 Å². The van der Waals surface area contributed by atoms with Crippen LogP contribution in [0.25, 0.3) is 0 Å². The lowest BCUT2D eigenvalue weighted by Crippen LogP contribution is -2.30. The number of aliphatic hydroxyl groups excluding tert-OH is 1. The second kappa shape index (κ2) is 78.3. The molecular weight excluding hydrogens is 1380 g/mol. The Hall–Kier alpha value is -4.80. The zero-order valence-electron chi connectivity index (χ0n) is 66.6. The maximum Gasteiger partial charge on any atom is 0.472 e. The summed E-state index contributed by atoms with van der Waals surface area (Å²) in [5.41, 5.74) is 0. The highest BCUT2D eigenvalue weighted by Crippen LogP contribution is 2.45. The number of rotatable bonds is 77. The van der Waals surface area contributed by atoms with Crippen molar-refractivity contribution >= 4 is 39.5 Å². The van der Waals surface area contributed by atoms with Gasteiger partial charge in [0.05, 0.1) is 26.4 Å². The third-order valence-corrected chi connectivity index (χ3v) is 19.0. The van der Waals surface area contributed by atoms with E-state index < -0.39 is 97.5 Å². The van der Waals surface area contributed by atoms with Crippen molar-refractivity contribution in [2.24, 2.45) is 0 Å². The van der Waals surface area contributed by atoms with Gasteiger partial charge < -0.3 is 33.8 Å². The number of carbonyl (C=O) groups excluding carboxylic acids is 4. The molecule has 5 atom stereocenters. The van der Waals surface area contributed by atoms with Crippen molar-refractivity contribution < 1.29 is 80.2 Å². The van der Waals surface area contributed by atoms with E-state index in [1.165, 1.54) is 89.9 Å². The predicted octanol–water partition coefficient (Wildman–Crippen LogP) is 24.4. The van der Waals surface area contributed by atoms with Gasteiger partial charge in [-0.25, -0.2) is 9.13 Å². The minimum absolute atomic E-state index is 0.0516. The predicted molar refractivity (Wildman–Crippen MR) is 436 cm³/mol. The number of hydrogen-bond acceptors (Lipinski definition) is 15. The first kappa shape index (κ1) is 101. The van der Waals surface area contributed by atoms with Crippen molar-refractivity contribution in [2.75, 3.05) is 39.6 Å². The number of hydrogen-bond donors (Lipinski definition) is 3. The highest BCUT2D eigenvalue weighted by Gasteiger charge is 2.30. The van der Waals surface area contributed by atoms with Crippen LogP contribution in [0.4, 0.5) is 0 Å². The molecule has 0 aromatic carbocycles. The van der Waals surface area contributed by atoms with Crippen molar-refractivity contribution in [2.45, 2.75) is 354 Å². The average Bonchev–Trinajstić information content (AvgIpc) is 0.899. The van der Waals surface area contributed by atoms with Gasteiger partial charge >= 0.3 is 39.5 Å². The summed E-state index contributed by atoms with van der Waals surface area (Å²) in [6.07, 6.45) is 88.5. The summed E-state index contributed by atoms with van der Waals surface area (Å²) in [6.45, 7) is 4.59. The number of aliphatic hydroxyl groups is 1. The van der Waals surface area contributed by atoms with E-state index in [1.54, 1.807) is 0 Å². The minimum Gasteiger partial charge on any atom is -0.462 e. The fraction of sp³-hybridized carbons (Fsp3) is 0.701. The van der Waals surface area contributed by atoms with Crippen LogP contribution < -0.4 is 0 Å². The Morgan fingerprint density at radius 3 is 0.774 bits per heavy atom. The van der Waals surface area contributed by atoms with E-state index in [2.05, 4.69) is 161 Å². The Bertz CT molecular complexity index is 2530. The minimum atomic E-state index is -4.99. The normalized spacial score (nSPS) is 14.5. The quantitative estimate of drug-likeness (QED) is 0.0169. The number of esters is 4. The lowest BCUT2D eigenvalue weighted by Gasteiger charge is -2.21. The molecule has 0 amide bonds. The van der Waals surface area contributed by atoms with Crippen molar-refractivity contribution in [1.29, 1.82) is 0 Å². The molecule has 19 heteroatoms. The van der Waals surface area contributed by atoms with Gasteiger partial charge in [-0.15, -0.1) is 0 Å². The standard InChI is InChI=1S/C87H148O17P2/c1-5-9-13-17-21-25-29-33-36-38-40-42-45-49-52-56-60-64-68-72-85(90)98-77-82(103-86(91)73-69-65-61-57-53-47-32-28-24-20-16-12-8-4)79-101-105(93,94)99-75-81(88)76-100-106(95,96)102-80-83(78-97-84(89)71-67-63-59-55-51-48-44-35-31-27-23-19-15-11-7-3)104-87(92)74-70-66-62-58-54-50-46-43-41-39-37-34-30-26-22-18-14-10-6-2/h9-10,13-14,21-22,25-26,33-37,40-44,49-50,52,54,81-83,88H,5-8,11-12,15-20,23-24,27-32,38-39,45-48,51,53,55-80H2,1-4H3,(H,93,94)(H,95,96)/b13-9-,14-10-,25-21-,26-22-,36-33-,37-34-,42-40-,43-41-,44-35-,52-49-,54-50-/t81-,82-,83-/m1/s1. The zero-order chi connectivity index (χ0) is 77.4. The summed E-state index contributed by atoms with van der Waals surface area (Å²) in [7, 11) is -9.98. The lowest BCUT2D eigenvalue weighted by atomic mass is 10.0. The van der Waals surface area contributed by atoms with E-state index >= 15 is 0 Å². The van der Waals surface area contributed by atoms with Gasteiger partial charge in [0, 0.05) is 25.7 Å². The van der Waals surface area contributed by atoms with Gasteiger partial charge in [0.1, 0.15) is 19.3 Å². The monoisotopic (exact) mass is 1530 g/mol. The number of allylic oxidation sites excluding steroid dienone is 22. The molecule has 0 aliphatic carbocycles. The van der Waals surface area contributed by atoms with Gasteiger partial charge in [-0.1, -0.05) is 303 Å². The number of phosphoric ester groups is 2. The topological polar surface area (TPSA) is 237 Å². The molecule has 3 N–H and O–H groups in total. The Balaban J connectivity index is 5.42. The first-order valence-corrected chi connectivity index (χ1v) is 44.4. The van der Waals surface area contributed by atoms with Gasteiger partial charge in [-0.05, 0) is 141 Å². The Morgan fingerprint density at radius 1 is 0.274 bits per heavy atom. The summed E-state index contributed by atoms with van der Waals surface area (Å²) in [5, 5.41) is 10.7. The van der Waals surface area contributed by atoms with Crippen LogP contribution in [0.15, 0.2) is 134 Å². The molecule has 106 heavy (non-hydrogen) atoms. The van der Waals surface area contributed by atoms with Crippen molar-refractivity contribution in [3.05, 3.63) is 134 Å². The summed E-state index contributed by atoms with van der Waals surface area (Å²) in [4.78, 5) is 73.1. The van der Waals surface area contributed by atoms with Crippen LogP contribution >= 0.6 is 15.6 Å². The SMILES string of the molecule is CC/C=C\C/C=C\C/C=C\C/C=C\C/C=C\CCCCCC(=O)OC[C@H](COP(=O)(O)OC[C@@H](O)COP(=O)(O)OC[C@@H](COC(=O)CCCCCCC/C=C\CCCCCCCC)OC(=O)CCCCC/C=C\C/C=C\C/C=C\C/C=C\C/C=C\CC)OC(=O)CCCCCCCCCCCCCCC. The Morgan fingerprint density at radius 2 is 0.491 bits per heavy atom. The van der Waals surface area contributed by atoms with Crippen LogP contribution in [0, 0.1) is 0 Å². The number of phosphoric acid groups is 2. The van der Waals surface area contributed by atoms with Gasteiger partial charge in [-0.2, -0.15) is 0 Å². The molecule has 0 rings (SSSR count). The van der Waals surface area contributed by atoms with Crippen LogP contribution in [-0.2, 0) is 65.4 Å². The van der Waals surface area contributed by atoms with Gasteiger partial charge in [0.2, 0.25) is 0 Å². The van der Waals surface area contributed by atoms with Crippen molar-refractivity contribution in [3.63, 3.8) is 0 Å². The maximum atomic E-state index is 13.1. The molecule has 0 saturated carbocycles. The summed E-state index contributed by atoms with van der Waals surface area (Å²) in [5.74, 6) is -2.25. The smallest absolute Gasteiger partial charge is 0.462 e. The van der Waals surface area contributed by atoms with E-state index in [9.17, 15) is 43.2 Å².